The summed E-state index contributed by atoms with van der Waals surface area (Å²) in [6, 6.07) is 10.3. The first kappa shape index (κ1) is 14.9. The highest BCUT2D eigenvalue weighted by molar-refractivity contribution is 5.74. The minimum absolute atomic E-state index is 0.453. The Kier molecular flexibility index (Phi) is 3.78. The molecule has 1 aromatic carbocycles. The van der Waals surface area contributed by atoms with Crippen LogP contribution in [0.3, 0.4) is 0 Å². The second-order valence-electron chi connectivity index (χ2n) is 5.89. The highest BCUT2D eigenvalue weighted by Crippen LogP contribution is 2.23. The first-order valence-corrected chi connectivity index (χ1v) is 8.07. The Balaban J connectivity index is 1.47. The number of nitrogens with zero attached hydrogens (tertiary/aromatic N) is 5. The van der Waals surface area contributed by atoms with Gasteiger partial charge in [-0.3, -0.25) is 0 Å². The van der Waals surface area contributed by atoms with Gasteiger partial charge in [-0.25, -0.2) is 9.97 Å². The highest BCUT2D eigenvalue weighted by Gasteiger charge is 2.22. The standard InChI is InChI=1S/C17H19N5O2/c1-12(23)16-18-7-6-15(20-16)21-8-10-22(11-9-21)17-19-13-4-2-3-5-14(13)24-17/h2-7,12,23H,8-11H2,1H3/t12-/m1/s1. The molecule has 0 radical (unpaired) electrons. The van der Waals surface area contributed by atoms with Crippen LogP contribution in [0.4, 0.5) is 11.8 Å². The molecule has 1 aliphatic rings. The van der Waals surface area contributed by atoms with Crippen molar-refractivity contribution >= 4 is 22.9 Å². The van der Waals surface area contributed by atoms with E-state index in [1.807, 2.05) is 30.3 Å². The monoisotopic (exact) mass is 325 g/mol. The molecule has 1 atom stereocenters. The second-order valence-corrected chi connectivity index (χ2v) is 5.89. The molecule has 124 valence electrons. The van der Waals surface area contributed by atoms with E-state index in [1.54, 1.807) is 13.1 Å². The van der Waals surface area contributed by atoms with E-state index < -0.39 is 6.10 Å². The highest BCUT2D eigenvalue weighted by atomic mass is 16.4. The van der Waals surface area contributed by atoms with E-state index in [-0.39, 0.29) is 0 Å². The number of anilines is 2. The summed E-state index contributed by atoms with van der Waals surface area (Å²) in [5.74, 6) is 1.30. The molecule has 7 heteroatoms. The minimum atomic E-state index is -0.661. The van der Waals surface area contributed by atoms with Gasteiger partial charge in [-0.05, 0) is 25.1 Å². The molecule has 4 rings (SSSR count). The number of aliphatic hydroxyl groups is 1. The quantitative estimate of drug-likeness (QED) is 0.789. The third-order valence-corrected chi connectivity index (χ3v) is 4.19. The number of hydrogen-bond donors (Lipinski definition) is 1. The van der Waals surface area contributed by atoms with Gasteiger partial charge in [-0.1, -0.05) is 12.1 Å². The Bertz CT molecular complexity index is 807. The number of fused-ring (bicyclic) bond motifs is 1. The predicted octanol–water partition coefficient (Wildman–Crippen LogP) is 2.00. The summed E-state index contributed by atoms with van der Waals surface area (Å²) in [6.07, 6.45) is 1.03. The second kappa shape index (κ2) is 6.09. The van der Waals surface area contributed by atoms with Gasteiger partial charge in [0, 0.05) is 32.4 Å². The molecule has 0 unspecified atom stereocenters. The van der Waals surface area contributed by atoms with Crippen LogP contribution in [0.1, 0.15) is 18.9 Å². The van der Waals surface area contributed by atoms with Crippen molar-refractivity contribution in [3.8, 4) is 0 Å². The molecule has 0 spiro atoms. The van der Waals surface area contributed by atoms with Crippen molar-refractivity contribution in [1.29, 1.82) is 0 Å². The Morgan fingerprint density at radius 2 is 1.79 bits per heavy atom. The third kappa shape index (κ3) is 2.78. The smallest absolute Gasteiger partial charge is 0.298 e. The number of rotatable bonds is 3. The Morgan fingerprint density at radius 3 is 2.54 bits per heavy atom. The van der Waals surface area contributed by atoms with Crippen LogP contribution in [0.2, 0.25) is 0 Å². The normalized spacial score (nSPS) is 16.6. The number of aromatic nitrogens is 3. The Morgan fingerprint density at radius 1 is 1.04 bits per heavy atom. The SMILES string of the molecule is C[C@@H](O)c1nccc(N2CCN(c3nc4ccccc4o3)CC2)n1. The Labute approximate surface area is 139 Å². The van der Waals surface area contributed by atoms with Gasteiger partial charge < -0.3 is 19.3 Å². The van der Waals surface area contributed by atoms with Crippen LogP contribution in [0.5, 0.6) is 0 Å². The topological polar surface area (TPSA) is 78.5 Å². The summed E-state index contributed by atoms with van der Waals surface area (Å²) in [4.78, 5) is 17.4. The fourth-order valence-electron chi connectivity index (χ4n) is 2.86. The molecular formula is C17H19N5O2. The molecule has 7 nitrogen and oxygen atoms in total. The fraction of sp³-hybridized carbons (Fsp3) is 0.353. The maximum absolute atomic E-state index is 9.63. The van der Waals surface area contributed by atoms with E-state index in [2.05, 4.69) is 24.8 Å². The first-order valence-electron chi connectivity index (χ1n) is 8.07. The molecule has 24 heavy (non-hydrogen) atoms. The summed E-state index contributed by atoms with van der Waals surface area (Å²) in [5.41, 5.74) is 1.69. The van der Waals surface area contributed by atoms with Crippen molar-refractivity contribution in [1.82, 2.24) is 15.0 Å². The van der Waals surface area contributed by atoms with Crippen LogP contribution < -0.4 is 9.80 Å². The van der Waals surface area contributed by atoms with Gasteiger partial charge in [-0.2, -0.15) is 4.98 Å². The van der Waals surface area contributed by atoms with Crippen molar-refractivity contribution in [2.24, 2.45) is 0 Å². The average molecular weight is 325 g/mol. The van der Waals surface area contributed by atoms with Crippen molar-refractivity contribution in [3.63, 3.8) is 0 Å². The minimum Gasteiger partial charge on any atom is -0.423 e. The predicted molar refractivity (Wildman–Crippen MR) is 91.1 cm³/mol. The average Bonchev–Trinajstić information content (AvgIpc) is 3.06. The lowest BCUT2D eigenvalue weighted by atomic mass is 10.3. The van der Waals surface area contributed by atoms with Gasteiger partial charge >= 0.3 is 0 Å². The summed E-state index contributed by atoms with van der Waals surface area (Å²) < 4.78 is 5.84. The summed E-state index contributed by atoms with van der Waals surface area (Å²) in [7, 11) is 0. The molecule has 0 aliphatic carbocycles. The van der Waals surface area contributed by atoms with E-state index in [9.17, 15) is 5.11 Å². The fourth-order valence-corrected chi connectivity index (χ4v) is 2.86. The number of benzene rings is 1. The van der Waals surface area contributed by atoms with Gasteiger partial charge in [0.2, 0.25) is 0 Å². The number of piperazine rings is 1. The number of aliphatic hydroxyl groups excluding tert-OH is 1. The molecule has 3 aromatic rings. The molecule has 1 fully saturated rings. The van der Waals surface area contributed by atoms with E-state index in [4.69, 9.17) is 4.42 Å². The molecule has 0 saturated carbocycles. The number of para-hydroxylation sites is 2. The summed E-state index contributed by atoms with van der Waals surface area (Å²) >= 11 is 0. The molecular weight excluding hydrogens is 306 g/mol. The maximum Gasteiger partial charge on any atom is 0.298 e. The molecule has 0 amide bonds. The van der Waals surface area contributed by atoms with E-state index >= 15 is 0 Å². The van der Waals surface area contributed by atoms with E-state index in [0.717, 1.165) is 43.1 Å². The zero-order valence-corrected chi connectivity index (χ0v) is 13.5. The van der Waals surface area contributed by atoms with Crippen LogP contribution in [0, 0.1) is 0 Å². The molecule has 2 aromatic heterocycles. The summed E-state index contributed by atoms with van der Waals surface area (Å²) in [5, 5.41) is 9.63. The lowest BCUT2D eigenvalue weighted by Gasteiger charge is -2.34. The van der Waals surface area contributed by atoms with Crippen LogP contribution >= 0.6 is 0 Å². The van der Waals surface area contributed by atoms with Crippen LogP contribution in [-0.2, 0) is 0 Å². The number of hydrogen-bond acceptors (Lipinski definition) is 7. The maximum atomic E-state index is 9.63. The van der Waals surface area contributed by atoms with Gasteiger partial charge in [0.05, 0.1) is 0 Å². The van der Waals surface area contributed by atoms with Crippen LogP contribution in [0.25, 0.3) is 11.1 Å². The third-order valence-electron chi connectivity index (χ3n) is 4.19. The Hall–Kier alpha value is -2.67. The molecule has 1 saturated heterocycles. The molecule has 1 N–H and O–H groups in total. The zero-order valence-electron chi connectivity index (χ0n) is 13.5. The van der Waals surface area contributed by atoms with Crippen molar-refractivity contribution in [2.45, 2.75) is 13.0 Å². The first-order chi connectivity index (χ1) is 11.7. The van der Waals surface area contributed by atoms with Gasteiger partial charge in [0.1, 0.15) is 17.4 Å². The molecule has 1 aliphatic heterocycles. The lowest BCUT2D eigenvalue weighted by molar-refractivity contribution is 0.189. The zero-order chi connectivity index (χ0) is 16.5. The van der Waals surface area contributed by atoms with Gasteiger partial charge in [-0.15, -0.1) is 0 Å². The number of oxazole rings is 1. The largest absolute Gasteiger partial charge is 0.423 e. The van der Waals surface area contributed by atoms with Gasteiger partial charge in [0.25, 0.3) is 6.01 Å². The van der Waals surface area contributed by atoms with E-state index in [0.29, 0.717) is 11.8 Å². The van der Waals surface area contributed by atoms with E-state index in [1.165, 1.54) is 0 Å². The van der Waals surface area contributed by atoms with Crippen molar-refractivity contribution in [3.05, 3.63) is 42.4 Å². The van der Waals surface area contributed by atoms with Crippen LogP contribution in [-0.4, -0.2) is 46.2 Å². The summed E-state index contributed by atoms with van der Waals surface area (Å²) in [6.45, 7) is 4.91. The van der Waals surface area contributed by atoms with Crippen molar-refractivity contribution < 1.29 is 9.52 Å². The lowest BCUT2D eigenvalue weighted by Crippen LogP contribution is -2.47. The van der Waals surface area contributed by atoms with Crippen molar-refractivity contribution in [2.75, 3.05) is 36.0 Å². The van der Waals surface area contributed by atoms with Crippen LogP contribution in [0.15, 0.2) is 40.9 Å². The molecule has 0 bridgehead atoms. The molecule has 3 heterocycles. The van der Waals surface area contributed by atoms with Gasteiger partial charge in [0.15, 0.2) is 11.4 Å².